The lowest BCUT2D eigenvalue weighted by molar-refractivity contribution is -0.144. The number of fused-ring (bicyclic) bond motifs is 1. The molecule has 3 aliphatic heterocycles. The summed E-state index contributed by atoms with van der Waals surface area (Å²) in [5.74, 6) is 1.40. The molecule has 0 bridgehead atoms. The summed E-state index contributed by atoms with van der Waals surface area (Å²) in [5.41, 5.74) is 5.73. The average molecular weight is 297 g/mol. The minimum absolute atomic E-state index is 0.125. The van der Waals surface area contributed by atoms with Gasteiger partial charge in [-0.1, -0.05) is 0 Å². The Morgan fingerprint density at radius 3 is 2.95 bits per heavy atom. The third-order valence-corrected chi connectivity index (χ3v) is 6.51. The van der Waals surface area contributed by atoms with Gasteiger partial charge in [0.1, 0.15) is 6.04 Å². The molecule has 4 unspecified atom stereocenters. The van der Waals surface area contributed by atoms with E-state index in [1.54, 1.807) is 11.8 Å². The van der Waals surface area contributed by atoms with Crippen molar-refractivity contribution in [2.45, 2.75) is 50.1 Å². The Morgan fingerprint density at radius 2 is 2.30 bits per heavy atom. The van der Waals surface area contributed by atoms with E-state index >= 15 is 0 Å². The van der Waals surface area contributed by atoms with Gasteiger partial charge in [0.15, 0.2) is 0 Å². The Hall–Kier alpha value is -0.750. The van der Waals surface area contributed by atoms with Crippen LogP contribution in [0.3, 0.4) is 0 Å². The molecule has 20 heavy (non-hydrogen) atoms. The number of nitrogens with two attached hydrogens (primary N) is 1. The maximum absolute atomic E-state index is 12.8. The lowest BCUT2D eigenvalue weighted by atomic mass is 10.1. The molecule has 4 atom stereocenters. The Balaban J connectivity index is 1.77. The third-order valence-electron chi connectivity index (χ3n) is 5.01. The molecule has 0 aromatic heterocycles. The highest BCUT2D eigenvalue weighted by Crippen LogP contribution is 2.47. The number of thioether (sulfide) groups is 1. The van der Waals surface area contributed by atoms with Gasteiger partial charge in [0.25, 0.3) is 0 Å². The summed E-state index contributed by atoms with van der Waals surface area (Å²) < 4.78 is 0. The monoisotopic (exact) mass is 297 g/mol. The topological polar surface area (TPSA) is 66.6 Å². The highest BCUT2D eigenvalue weighted by molar-refractivity contribution is 8.01. The molecule has 3 heterocycles. The molecule has 3 rings (SSSR count). The normalized spacial score (nSPS) is 40.5. The number of rotatable bonds is 2. The first-order chi connectivity index (χ1) is 9.46. The maximum Gasteiger partial charge on any atom is 0.246 e. The van der Waals surface area contributed by atoms with Crippen LogP contribution in [0.5, 0.6) is 0 Å². The molecule has 0 radical (unpaired) electrons. The van der Waals surface area contributed by atoms with Gasteiger partial charge in [-0.3, -0.25) is 9.59 Å². The summed E-state index contributed by atoms with van der Waals surface area (Å²) in [4.78, 5) is 28.6. The van der Waals surface area contributed by atoms with Crippen molar-refractivity contribution in [1.82, 2.24) is 9.80 Å². The zero-order valence-corrected chi connectivity index (χ0v) is 13.0. The predicted molar refractivity (Wildman–Crippen MR) is 79.1 cm³/mol. The van der Waals surface area contributed by atoms with E-state index in [-0.39, 0.29) is 28.8 Å². The Bertz CT molecular complexity index is 444. The molecular weight excluding hydrogens is 274 g/mol. The number of carbonyl (C=O) groups excluding carboxylic acids is 2. The van der Waals surface area contributed by atoms with E-state index in [0.717, 1.165) is 25.1 Å². The maximum atomic E-state index is 12.8. The smallest absolute Gasteiger partial charge is 0.246 e. The zero-order chi connectivity index (χ0) is 14.5. The van der Waals surface area contributed by atoms with Crippen LogP contribution in [0.2, 0.25) is 0 Å². The fourth-order valence-electron chi connectivity index (χ4n) is 3.82. The number of nitrogens with zero attached hydrogens (tertiary/aromatic N) is 2. The molecule has 0 aromatic carbocycles. The second kappa shape index (κ2) is 4.91. The van der Waals surface area contributed by atoms with E-state index in [9.17, 15) is 9.59 Å². The number of likely N-dealkylation sites (tertiary alicyclic amines) is 1. The van der Waals surface area contributed by atoms with Crippen LogP contribution in [0, 0.1) is 5.92 Å². The molecule has 5 nitrogen and oxygen atoms in total. The summed E-state index contributed by atoms with van der Waals surface area (Å²) in [7, 11) is 0. The van der Waals surface area contributed by atoms with Crippen molar-refractivity contribution in [2.75, 3.05) is 18.8 Å². The number of hydrogen-bond donors (Lipinski definition) is 1. The lowest BCUT2D eigenvalue weighted by Crippen LogP contribution is -2.52. The molecular formula is C14H23N3O2S. The molecule has 0 saturated carbocycles. The van der Waals surface area contributed by atoms with Gasteiger partial charge < -0.3 is 15.5 Å². The van der Waals surface area contributed by atoms with Gasteiger partial charge in [-0.2, -0.15) is 0 Å². The highest BCUT2D eigenvalue weighted by Gasteiger charge is 2.54. The van der Waals surface area contributed by atoms with Crippen LogP contribution >= 0.6 is 11.8 Å². The third kappa shape index (κ3) is 2.04. The van der Waals surface area contributed by atoms with Gasteiger partial charge in [-0.05, 0) is 39.2 Å². The van der Waals surface area contributed by atoms with Gasteiger partial charge >= 0.3 is 0 Å². The molecule has 0 spiro atoms. The van der Waals surface area contributed by atoms with Crippen LogP contribution in [-0.4, -0.2) is 57.4 Å². The summed E-state index contributed by atoms with van der Waals surface area (Å²) in [6.45, 7) is 5.55. The number of carbonyl (C=O) groups is 2. The van der Waals surface area contributed by atoms with E-state index < -0.39 is 0 Å². The molecule has 3 fully saturated rings. The Labute approximate surface area is 124 Å². The van der Waals surface area contributed by atoms with Crippen LogP contribution in [0.25, 0.3) is 0 Å². The first-order valence-corrected chi connectivity index (χ1v) is 8.41. The molecule has 2 N–H and O–H groups in total. The van der Waals surface area contributed by atoms with E-state index in [1.807, 2.05) is 9.80 Å². The molecule has 3 aliphatic rings. The van der Waals surface area contributed by atoms with Gasteiger partial charge in [-0.25, -0.2) is 0 Å². The van der Waals surface area contributed by atoms with Crippen LogP contribution in [-0.2, 0) is 9.59 Å². The quantitative estimate of drug-likeness (QED) is 0.812. The first kappa shape index (κ1) is 14.2. The van der Waals surface area contributed by atoms with Crippen molar-refractivity contribution in [3.8, 4) is 0 Å². The lowest BCUT2D eigenvalue weighted by Gasteiger charge is -2.33. The second-order valence-electron chi connectivity index (χ2n) is 6.44. The molecule has 0 aromatic rings. The highest BCUT2D eigenvalue weighted by atomic mass is 32.2. The fourth-order valence-corrected chi connectivity index (χ4v) is 5.24. The molecule has 6 heteroatoms. The van der Waals surface area contributed by atoms with E-state index in [0.29, 0.717) is 18.9 Å². The average Bonchev–Trinajstić information content (AvgIpc) is 3.04. The Morgan fingerprint density at radius 1 is 1.55 bits per heavy atom. The van der Waals surface area contributed by atoms with Gasteiger partial charge in [0, 0.05) is 24.8 Å². The zero-order valence-electron chi connectivity index (χ0n) is 12.2. The number of amides is 2. The van der Waals surface area contributed by atoms with Crippen molar-refractivity contribution < 1.29 is 9.59 Å². The van der Waals surface area contributed by atoms with E-state index in [2.05, 4.69) is 13.8 Å². The minimum atomic E-state index is -0.265. The Kier molecular flexibility index (Phi) is 3.49. The standard InChI is InChI=1S/C14H23N3O2S/c1-9-5-10(6-15)7-16(9)13(19)11-8-20-14(2)4-3-12(18)17(11)14/h9-11H,3-8,15H2,1-2H3. The summed E-state index contributed by atoms with van der Waals surface area (Å²) in [6.07, 6.45) is 2.42. The first-order valence-electron chi connectivity index (χ1n) is 7.43. The van der Waals surface area contributed by atoms with E-state index in [4.69, 9.17) is 5.73 Å². The minimum Gasteiger partial charge on any atom is -0.338 e. The molecule has 112 valence electrons. The van der Waals surface area contributed by atoms with Crippen molar-refractivity contribution >= 4 is 23.6 Å². The molecule has 2 amide bonds. The van der Waals surface area contributed by atoms with Crippen molar-refractivity contribution in [3.05, 3.63) is 0 Å². The van der Waals surface area contributed by atoms with Gasteiger partial charge in [-0.15, -0.1) is 11.8 Å². The summed E-state index contributed by atoms with van der Waals surface area (Å²) in [5, 5.41) is 0. The second-order valence-corrected chi connectivity index (χ2v) is 7.94. The van der Waals surface area contributed by atoms with Crippen LogP contribution in [0.15, 0.2) is 0 Å². The van der Waals surface area contributed by atoms with E-state index in [1.165, 1.54) is 0 Å². The van der Waals surface area contributed by atoms with Gasteiger partial charge in [0.05, 0.1) is 4.87 Å². The molecule has 0 aliphatic carbocycles. The van der Waals surface area contributed by atoms with Crippen molar-refractivity contribution in [2.24, 2.45) is 11.7 Å². The largest absolute Gasteiger partial charge is 0.338 e. The van der Waals surface area contributed by atoms with Crippen molar-refractivity contribution in [1.29, 1.82) is 0 Å². The predicted octanol–water partition coefficient (Wildman–Crippen LogP) is 0.636. The van der Waals surface area contributed by atoms with Crippen molar-refractivity contribution in [3.63, 3.8) is 0 Å². The molecule has 3 saturated heterocycles. The number of hydrogen-bond acceptors (Lipinski definition) is 4. The SMILES string of the molecule is CC1CC(CN)CN1C(=O)C1CSC2(C)CCC(=O)N12. The summed E-state index contributed by atoms with van der Waals surface area (Å²) in [6, 6.07) is -0.0235. The van der Waals surface area contributed by atoms with Gasteiger partial charge in [0.2, 0.25) is 11.8 Å². The van der Waals surface area contributed by atoms with Crippen LogP contribution in [0.1, 0.15) is 33.1 Å². The fraction of sp³-hybridized carbons (Fsp3) is 0.857. The summed E-state index contributed by atoms with van der Waals surface area (Å²) >= 11 is 1.75. The van der Waals surface area contributed by atoms with Crippen LogP contribution < -0.4 is 5.73 Å². The van der Waals surface area contributed by atoms with Crippen LogP contribution in [0.4, 0.5) is 0 Å².